The summed E-state index contributed by atoms with van der Waals surface area (Å²) in [7, 11) is 0. The molecule has 0 heterocycles. The maximum atomic E-state index is 11.2. The number of benzene rings is 1. The lowest BCUT2D eigenvalue weighted by molar-refractivity contribution is 0.0698. The molecule has 3 nitrogen and oxygen atoms in total. The predicted octanol–water partition coefficient (Wildman–Crippen LogP) is 5.17. The molecule has 0 aromatic heterocycles. The largest absolute Gasteiger partial charge is 0.478 e. The predicted molar refractivity (Wildman–Crippen MR) is 87.5 cm³/mol. The maximum Gasteiger partial charge on any atom is 0.337 e. The summed E-state index contributed by atoms with van der Waals surface area (Å²) >= 11 is 3.30. The number of carboxylic acids is 1. The molecule has 2 N–H and O–H groups in total. The fourth-order valence-corrected chi connectivity index (χ4v) is 2.46. The van der Waals surface area contributed by atoms with Crippen molar-refractivity contribution in [2.75, 3.05) is 11.9 Å². The Labute approximate surface area is 129 Å². The summed E-state index contributed by atoms with van der Waals surface area (Å²) in [5.74, 6) is -0.111. The van der Waals surface area contributed by atoms with Gasteiger partial charge in [0.05, 0.1) is 5.56 Å². The van der Waals surface area contributed by atoms with E-state index in [0.717, 1.165) is 23.4 Å². The average molecular weight is 342 g/mol. The van der Waals surface area contributed by atoms with Crippen LogP contribution in [0.5, 0.6) is 0 Å². The van der Waals surface area contributed by atoms with E-state index in [2.05, 4.69) is 35.1 Å². The van der Waals surface area contributed by atoms with Crippen molar-refractivity contribution in [3.8, 4) is 0 Å². The molecule has 0 amide bonds. The zero-order valence-corrected chi connectivity index (χ0v) is 13.9. The van der Waals surface area contributed by atoms with Crippen LogP contribution in [0.4, 0.5) is 5.69 Å². The number of rotatable bonds is 9. The number of nitrogens with one attached hydrogen (secondary N) is 1. The van der Waals surface area contributed by atoms with E-state index in [-0.39, 0.29) is 0 Å². The van der Waals surface area contributed by atoms with Gasteiger partial charge in [0.1, 0.15) is 0 Å². The molecule has 0 aliphatic rings. The van der Waals surface area contributed by atoms with E-state index in [9.17, 15) is 4.79 Å². The second-order valence-electron chi connectivity index (χ2n) is 5.52. The third-order valence-electron chi connectivity index (χ3n) is 3.24. The number of aromatic carboxylic acids is 1. The first-order chi connectivity index (χ1) is 9.50. The first-order valence-electron chi connectivity index (χ1n) is 7.27. The summed E-state index contributed by atoms with van der Waals surface area (Å²) in [6, 6.07) is 5.30. The van der Waals surface area contributed by atoms with Crippen molar-refractivity contribution >= 4 is 27.6 Å². The highest BCUT2D eigenvalue weighted by atomic mass is 79.9. The first kappa shape index (κ1) is 17.0. The van der Waals surface area contributed by atoms with E-state index in [1.807, 2.05) is 12.1 Å². The summed E-state index contributed by atoms with van der Waals surface area (Å²) in [5.41, 5.74) is 1.02. The Bertz CT molecular complexity index is 432. The Kier molecular flexibility index (Phi) is 7.67. The van der Waals surface area contributed by atoms with Gasteiger partial charge in [0, 0.05) is 16.7 Å². The van der Waals surface area contributed by atoms with Crippen LogP contribution in [0.3, 0.4) is 0 Å². The molecule has 1 rings (SSSR count). The maximum absolute atomic E-state index is 11.2. The molecule has 0 spiro atoms. The van der Waals surface area contributed by atoms with E-state index in [0.29, 0.717) is 11.3 Å². The molecule has 0 atom stereocenters. The van der Waals surface area contributed by atoms with Crippen LogP contribution in [-0.2, 0) is 0 Å². The molecular weight excluding hydrogens is 318 g/mol. The molecule has 4 heteroatoms. The van der Waals surface area contributed by atoms with Crippen LogP contribution in [0.15, 0.2) is 22.7 Å². The summed E-state index contributed by atoms with van der Waals surface area (Å²) in [6.45, 7) is 5.33. The molecule has 0 saturated heterocycles. The molecule has 0 radical (unpaired) electrons. The lowest BCUT2D eigenvalue weighted by Gasteiger charge is -2.10. The SMILES string of the molecule is CC(C)CCCCCCNc1ccc(Br)cc1C(=O)O. The molecule has 0 fully saturated rings. The van der Waals surface area contributed by atoms with Crippen molar-refractivity contribution in [3.63, 3.8) is 0 Å². The standard InChI is InChI=1S/C16H24BrNO2/c1-12(2)7-5-3-4-6-10-18-15-9-8-13(17)11-14(15)16(19)20/h8-9,11-12,18H,3-7,10H2,1-2H3,(H,19,20). The summed E-state index contributed by atoms with van der Waals surface area (Å²) in [4.78, 5) is 11.2. The normalized spacial score (nSPS) is 10.8. The Morgan fingerprint density at radius 2 is 1.95 bits per heavy atom. The fraction of sp³-hybridized carbons (Fsp3) is 0.562. The van der Waals surface area contributed by atoms with Gasteiger partial charge in [0.2, 0.25) is 0 Å². The summed E-state index contributed by atoms with van der Waals surface area (Å²) < 4.78 is 0.786. The van der Waals surface area contributed by atoms with Gasteiger partial charge in [-0.1, -0.05) is 55.5 Å². The zero-order chi connectivity index (χ0) is 15.0. The van der Waals surface area contributed by atoms with E-state index >= 15 is 0 Å². The molecule has 0 unspecified atom stereocenters. The highest BCUT2D eigenvalue weighted by molar-refractivity contribution is 9.10. The van der Waals surface area contributed by atoms with Crippen LogP contribution in [-0.4, -0.2) is 17.6 Å². The molecular formula is C16H24BrNO2. The van der Waals surface area contributed by atoms with Crippen LogP contribution in [0.2, 0.25) is 0 Å². The minimum absolute atomic E-state index is 0.319. The van der Waals surface area contributed by atoms with E-state index < -0.39 is 5.97 Å². The molecule has 0 bridgehead atoms. The van der Waals surface area contributed by atoms with E-state index in [4.69, 9.17) is 5.11 Å². The topological polar surface area (TPSA) is 49.3 Å². The number of halogens is 1. The Morgan fingerprint density at radius 1 is 1.25 bits per heavy atom. The molecule has 112 valence electrons. The van der Waals surface area contributed by atoms with Gasteiger partial charge in [0.15, 0.2) is 0 Å². The third kappa shape index (κ3) is 6.42. The third-order valence-corrected chi connectivity index (χ3v) is 3.73. The highest BCUT2D eigenvalue weighted by Crippen LogP contribution is 2.21. The van der Waals surface area contributed by atoms with Crippen LogP contribution in [0.25, 0.3) is 0 Å². The van der Waals surface area contributed by atoms with Crippen LogP contribution < -0.4 is 5.32 Å². The van der Waals surface area contributed by atoms with Gasteiger partial charge < -0.3 is 10.4 Å². The van der Waals surface area contributed by atoms with Crippen LogP contribution in [0, 0.1) is 5.92 Å². The lowest BCUT2D eigenvalue weighted by Crippen LogP contribution is -2.07. The first-order valence-corrected chi connectivity index (χ1v) is 8.06. The van der Waals surface area contributed by atoms with Crippen molar-refractivity contribution in [2.24, 2.45) is 5.92 Å². The highest BCUT2D eigenvalue weighted by Gasteiger charge is 2.09. The summed E-state index contributed by atoms with van der Waals surface area (Å²) in [6.07, 6.45) is 6.11. The van der Waals surface area contributed by atoms with Crippen molar-refractivity contribution < 1.29 is 9.90 Å². The number of unbranched alkanes of at least 4 members (excludes halogenated alkanes) is 3. The minimum atomic E-state index is -0.897. The second-order valence-corrected chi connectivity index (χ2v) is 6.43. The van der Waals surface area contributed by atoms with Gasteiger partial charge in [-0.3, -0.25) is 0 Å². The van der Waals surface area contributed by atoms with Gasteiger partial charge in [-0.25, -0.2) is 4.79 Å². The number of hydrogen-bond donors (Lipinski definition) is 2. The summed E-state index contributed by atoms with van der Waals surface area (Å²) in [5, 5.41) is 12.4. The Balaban J connectivity index is 2.30. The van der Waals surface area contributed by atoms with Gasteiger partial charge in [-0.05, 0) is 30.5 Å². The monoisotopic (exact) mass is 341 g/mol. The molecule has 1 aromatic carbocycles. The molecule has 0 saturated carbocycles. The molecule has 0 aliphatic carbocycles. The van der Waals surface area contributed by atoms with Gasteiger partial charge in [-0.2, -0.15) is 0 Å². The molecule has 20 heavy (non-hydrogen) atoms. The molecule has 0 aliphatic heterocycles. The lowest BCUT2D eigenvalue weighted by atomic mass is 10.0. The Morgan fingerprint density at radius 3 is 2.60 bits per heavy atom. The number of carboxylic acid groups (broad SMARTS) is 1. The van der Waals surface area contributed by atoms with E-state index in [1.165, 1.54) is 25.7 Å². The van der Waals surface area contributed by atoms with Crippen molar-refractivity contribution in [2.45, 2.75) is 46.0 Å². The number of hydrogen-bond acceptors (Lipinski definition) is 2. The number of anilines is 1. The van der Waals surface area contributed by atoms with Crippen LogP contribution in [0.1, 0.15) is 56.3 Å². The minimum Gasteiger partial charge on any atom is -0.478 e. The van der Waals surface area contributed by atoms with Crippen molar-refractivity contribution in [3.05, 3.63) is 28.2 Å². The van der Waals surface area contributed by atoms with Gasteiger partial charge in [-0.15, -0.1) is 0 Å². The quantitative estimate of drug-likeness (QED) is 0.609. The van der Waals surface area contributed by atoms with Gasteiger partial charge in [0.25, 0.3) is 0 Å². The fourth-order valence-electron chi connectivity index (χ4n) is 2.10. The zero-order valence-electron chi connectivity index (χ0n) is 12.3. The van der Waals surface area contributed by atoms with Crippen molar-refractivity contribution in [1.29, 1.82) is 0 Å². The van der Waals surface area contributed by atoms with Crippen LogP contribution >= 0.6 is 15.9 Å². The number of carbonyl (C=O) groups is 1. The Hall–Kier alpha value is -1.03. The van der Waals surface area contributed by atoms with Gasteiger partial charge >= 0.3 is 5.97 Å². The molecule has 1 aromatic rings. The van der Waals surface area contributed by atoms with Crippen molar-refractivity contribution in [1.82, 2.24) is 0 Å². The van der Waals surface area contributed by atoms with E-state index in [1.54, 1.807) is 6.07 Å². The average Bonchev–Trinajstić information content (AvgIpc) is 2.38. The second kappa shape index (κ2) is 9.01. The smallest absolute Gasteiger partial charge is 0.337 e.